The van der Waals surface area contributed by atoms with E-state index in [1.807, 2.05) is 4.90 Å². The van der Waals surface area contributed by atoms with Crippen molar-refractivity contribution in [2.75, 3.05) is 84.8 Å². The van der Waals surface area contributed by atoms with Crippen LogP contribution in [0.15, 0.2) is 11.1 Å². The Bertz CT molecular complexity index is 1440. The number of carbonyl (C=O) groups is 2. The van der Waals surface area contributed by atoms with E-state index in [-0.39, 0.29) is 69.1 Å². The van der Waals surface area contributed by atoms with Crippen LogP contribution < -0.4 is 16.6 Å². The monoisotopic (exact) mass is 670 g/mol. The number of nitrogens with two attached hydrogens (primary N) is 1. The highest BCUT2D eigenvalue weighted by Crippen LogP contribution is 2.31. The van der Waals surface area contributed by atoms with Gasteiger partial charge in [0.15, 0.2) is 17.4 Å². The number of imide groups is 1. The number of aromatic nitrogens is 4. The summed E-state index contributed by atoms with van der Waals surface area (Å²) in [4.78, 5) is 50.1. The van der Waals surface area contributed by atoms with Crippen LogP contribution in [0.4, 0.5) is 10.7 Å². The number of morpholine rings is 1. The third-order valence-electron chi connectivity index (χ3n) is 8.29. The Balaban J connectivity index is 0.980. The van der Waals surface area contributed by atoms with Gasteiger partial charge in [0.2, 0.25) is 11.9 Å². The van der Waals surface area contributed by atoms with E-state index in [0.29, 0.717) is 19.7 Å². The average Bonchev–Trinajstić information content (AvgIpc) is 3.59. The van der Waals surface area contributed by atoms with E-state index in [1.165, 1.54) is 15.8 Å². The lowest BCUT2D eigenvalue weighted by Crippen LogP contribution is -2.67. The largest absolute Gasteiger partial charge is 0.393 e. The number of H-pyrrole nitrogens is 1. The Morgan fingerprint density at radius 2 is 1.74 bits per heavy atom. The lowest BCUT2D eigenvalue weighted by Gasteiger charge is -2.48. The van der Waals surface area contributed by atoms with Crippen LogP contribution in [-0.2, 0) is 28.5 Å². The fourth-order valence-corrected chi connectivity index (χ4v) is 5.68. The number of fused-ring (bicyclic) bond motifs is 1. The van der Waals surface area contributed by atoms with Gasteiger partial charge in [-0.1, -0.05) is 6.92 Å². The van der Waals surface area contributed by atoms with Gasteiger partial charge >= 0.3 is 6.03 Å². The molecule has 2 aromatic heterocycles. The smallest absolute Gasteiger partial charge is 0.326 e. The molecular weight excluding hydrogens is 628 g/mol. The Kier molecular flexibility index (Phi) is 11.4. The molecule has 8 N–H and O–H groups in total. The number of imidazole rings is 1. The molecule has 3 amide bonds. The summed E-state index contributed by atoms with van der Waals surface area (Å²) in [6.07, 6.45) is -4.02. The Morgan fingerprint density at radius 1 is 1.04 bits per heavy atom. The molecule has 47 heavy (non-hydrogen) atoms. The first-order valence-corrected chi connectivity index (χ1v) is 15.3. The standard InChI is InChI=1S/C27H42N8O12/c1-15-8-34(26(42)32-22(15)40)17-9-33(11-27(12-36,13-37)47-17)2-3-43-4-5-44-6-7-45-10-16-19(38)20(39)24(46-16)35-14-29-18-21(35)30-25(28)31-23(18)41/h14-17,19-20,24,36-39H,2-13H2,1H3,(H,32,40,42)(H3,28,30,31,41)/t15?,16-,17-,19-,20-,24-/m1/s1. The molecule has 0 radical (unpaired) electrons. The predicted molar refractivity (Wildman–Crippen MR) is 159 cm³/mol. The van der Waals surface area contributed by atoms with Crippen LogP contribution in [0, 0.1) is 5.92 Å². The molecule has 3 aliphatic heterocycles. The van der Waals surface area contributed by atoms with Gasteiger partial charge in [0.05, 0.1) is 65.1 Å². The molecule has 3 saturated heterocycles. The molecular formula is C27H42N8O12. The molecule has 6 atom stereocenters. The van der Waals surface area contributed by atoms with Crippen molar-refractivity contribution < 1.29 is 53.7 Å². The molecule has 262 valence electrons. The number of aliphatic hydroxyl groups excluding tert-OH is 4. The van der Waals surface area contributed by atoms with Crippen LogP contribution in [0.5, 0.6) is 0 Å². The van der Waals surface area contributed by atoms with Crippen molar-refractivity contribution in [3.05, 3.63) is 16.7 Å². The van der Waals surface area contributed by atoms with Gasteiger partial charge in [-0.2, -0.15) is 4.98 Å². The molecule has 0 aliphatic carbocycles. The molecule has 20 nitrogen and oxygen atoms in total. The third kappa shape index (κ3) is 7.88. The van der Waals surface area contributed by atoms with Crippen molar-refractivity contribution >= 4 is 29.1 Å². The van der Waals surface area contributed by atoms with Crippen molar-refractivity contribution in [2.24, 2.45) is 5.92 Å². The minimum atomic E-state index is -1.33. The van der Waals surface area contributed by atoms with E-state index in [2.05, 4.69) is 20.3 Å². The quantitative estimate of drug-likeness (QED) is 0.0888. The highest BCUT2D eigenvalue weighted by atomic mass is 16.6. The van der Waals surface area contributed by atoms with Crippen LogP contribution in [0.3, 0.4) is 0 Å². The Labute approximate surface area is 268 Å². The van der Waals surface area contributed by atoms with Gasteiger partial charge in [0.1, 0.15) is 30.1 Å². The zero-order valence-corrected chi connectivity index (χ0v) is 25.9. The lowest BCUT2D eigenvalue weighted by atomic mass is 10.0. The van der Waals surface area contributed by atoms with Gasteiger partial charge in [0, 0.05) is 26.2 Å². The normalized spacial score (nSPS) is 28.3. The number of carbonyl (C=O) groups excluding carboxylic acids is 2. The number of anilines is 1. The maximum atomic E-state index is 12.5. The van der Waals surface area contributed by atoms with Crippen LogP contribution in [0.25, 0.3) is 11.2 Å². The van der Waals surface area contributed by atoms with Gasteiger partial charge in [-0.15, -0.1) is 0 Å². The maximum absolute atomic E-state index is 12.5. The molecule has 0 aromatic carbocycles. The van der Waals surface area contributed by atoms with Crippen LogP contribution in [0.2, 0.25) is 0 Å². The summed E-state index contributed by atoms with van der Waals surface area (Å²) in [5.74, 6) is -0.917. The molecule has 5 rings (SSSR count). The molecule has 1 unspecified atom stereocenters. The van der Waals surface area contributed by atoms with Gasteiger partial charge in [0.25, 0.3) is 5.56 Å². The third-order valence-corrected chi connectivity index (χ3v) is 8.29. The van der Waals surface area contributed by atoms with E-state index < -0.39 is 67.1 Å². The zero-order chi connectivity index (χ0) is 33.7. The molecule has 0 saturated carbocycles. The fourth-order valence-electron chi connectivity index (χ4n) is 5.68. The van der Waals surface area contributed by atoms with E-state index >= 15 is 0 Å². The second-order valence-electron chi connectivity index (χ2n) is 11.8. The van der Waals surface area contributed by atoms with Crippen molar-refractivity contribution in [3.63, 3.8) is 0 Å². The maximum Gasteiger partial charge on any atom is 0.326 e. The first-order valence-electron chi connectivity index (χ1n) is 15.3. The van der Waals surface area contributed by atoms with Gasteiger partial charge < -0.3 is 49.8 Å². The number of urea groups is 1. The van der Waals surface area contributed by atoms with E-state index in [9.17, 15) is 34.8 Å². The number of aliphatic hydroxyl groups is 4. The van der Waals surface area contributed by atoms with E-state index in [0.717, 1.165) is 0 Å². The first kappa shape index (κ1) is 35.0. The molecule has 2 aromatic rings. The Morgan fingerprint density at radius 3 is 2.47 bits per heavy atom. The van der Waals surface area contributed by atoms with Crippen molar-refractivity contribution in [2.45, 2.75) is 43.3 Å². The molecule has 0 bridgehead atoms. The van der Waals surface area contributed by atoms with Crippen LogP contribution >= 0.6 is 0 Å². The topological polar surface area (TPSA) is 269 Å². The summed E-state index contributed by atoms with van der Waals surface area (Å²) < 4.78 is 29.9. The lowest BCUT2D eigenvalue weighted by molar-refractivity contribution is -0.224. The molecule has 3 aliphatic rings. The molecule has 20 heteroatoms. The van der Waals surface area contributed by atoms with Crippen LogP contribution in [0.1, 0.15) is 13.2 Å². The second kappa shape index (κ2) is 15.3. The Hall–Kier alpha value is -3.31. The summed E-state index contributed by atoms with van der Waals surface area (Å²) in [5.41, 5.74) is 3.93. The number of ether oxygens (including phenoxy) is 5. The van der Waals surface area contributed by atoms with Crippen molar-refractivity contribution in [1.29, 1.82) is 0 Å². The second-order valence-corrected chi connectivity index (χ2v) is 11.8. The predicted octanol–water partition coefficient (Wildman–Crippen LogP) is -4.06. The first-order chi connectivity index (χ1) is 22.6. The minimum Gasteiger partial charge on any atom is -0.393 e. The highest BCUT2D eigenvalue weighted by molar-refractivity contribution is 5.97. The number of nitrogens with one attached hydrogen (secondary N) is 2. The molecule has 3 fully saturated rings. The number of amides is 3. The number of hydrogen-bond donors (Lipinski definition) is 7. The zero-order valence-electron chi connectivity index (χ0n) is 25.9. The van der Waals surface area contributed by atoms with E-state index in [4.69, 9.17) is 29.4 Å². The molecule has 5 heterocycles. The van der Waals surface area contributed by atoms with Crippen molar-refractivity contribution in [1.82, 2.24) is 34.6 Å². The summed E-state index contributed by atoms with van der Waals surface area (Å²) >= 11 is 0. The number of rotatable bonds is 15. The van der Waals surface area contributed by atoms with E-state index in [1.54, 1.807) is 6.92 Å². The van der Waals surface area contributed by atoms with Crippen molar-refractivity contribution in [3.8, 4) is 0 Å². The minimum absolute atomic E-state index is 0.0168. The highest BCUT2D eigenvalue weighted by Gasteiger charge is 2.46. The summed E-state index contributed by atoms with van der Waals surface area (Å²) in [6.45, 7) is 3.14. The SMILES string of the molecule is CC1CN([C@H]2CN(CCOCCOCCOC[C@H]3O[C@@H](n4cnc5c(=O)[nH]c(N)nc54)[C@H](O)[C@@H]3O)CC(CO)(CO)O2)C(=O)NC1=O. The fraction of sp³-hybridized carbons (Fsp3) is 0.741. The summed E-state index contributed by atoms with van der Waals surface area (Å²) in [5, 5.41) is 43.3. The average molecular weight is 671 g/mol. The number of hydrogen-bond acceptors (Lipinski definition) is 16. The van der Waals surface area contributed by atoms with Gasteiger partial charge in [-0.3, -0.25) is 34.3 Å². The number of nitrogen functional groups attached to an aromatic ring is 1. The van der Waals surface area contributed by atoms with Gasteiger partial charge in [-0.25, -0.2) is 9.78 Å². The van der Waals surface area contributed by atoms with Crippen LogP contribution in [-0.4, -0.2) is 171 Å². The molecule has 0 spiro atoms. The number of aromatic amines is 1. The van der Waals surface area contributed by atoms with Gasteiger partial charge in [-0.05, 0) is 0 Å². The summed E-state index contributed by atoms with van der Waals surface area (Å²) in [7, 11) is 0. The summed E-state index contributed by atoms with van der Waals surface area (Å²) in [6, 6.07) is -0.582. The number of nitrogens with zero attached hydrogens (tertiary/aromatic N) is 5.